The summed E-state index contributed by atoms with van der Waals surface area (Å²) >= 11 is 6.11. The van der Waals surface area contributed by atoms with E-state index in [1.165, 1.54) is 0 Å². The van der Waals surface area contributed by atoms with Gasteiger partial charge in [0.1, 0.15) is 5.78 Å². The number of halogens is 1. The average molecular weight is 273 g/mol. The molecule has 0 bridgehead atoms. The van der Waals surface area contributed by atoms with E-state index < -0.39 is 5.41 Å². The van der Waals surface area contributed by atoms with Crippen LogP contribution in [0.5, 0.6) is 0 Å². The van der Waals surface area contributed by atoms with E-state index in [0.29, 0.717) is 11.4 Å². The van der Waals surface area contributed by atoms with Crippen LogP contribution in [0.3, 0.4) is 0 Å². The Balaban J connectivity index is 2.23. The van der Waals surface area contributed by atoms with Gasteiger partial charge in [0.25, 0.3) is 0 Å². The molecule has 0 amide bonds. The fraction of sp³-hybridized carbons (Fsp3) is 0.235. The first kappa shape index (κ1) is 13.8. The lowest BCUT2D eigenvalue weighted by Crippen LogP contribution is -2.30. The van der Waals surface area contributed by atoms with Crippen LogP contribution in [0, 0.1) is 0 Å². The van der Waals surface area contributed by atoms with Gasteiger partial charge in [0, 0.05) is 16.9 Å². The summed E-state index contributed by atoms with van der Waals surface area (Å²) < 4.78 is 0. The topological polar surface area (TPSA) is 17.1 Å². The van der Waals surface area contributed by atoms with Crippen LogP contribution < -0.4 is 0 Å². The number of hydrogen-bond acceptors (Lipinski definition) is 1. The summed E-state index contributed by atoms with van der Waals surface area (Å²) in [6.07, 6.45) is 0.363. The molecule has 0 fully saturated rings. The molecule has 0 unspecified atom stereocenters. The molecule has 0 spiro atoms. The van der Waals surface area contributed by atoms with Gasteiger partial charge in [-0.25, -0.2) is 0 Å². The molecule has 2 heteroatoms. The molecule has 2 rings (SSSR count). The van der Waals surface area contributed by atoms with Crippen molar-refractivity contribution in [2.75, 3.05) is 0 Å². The van der Waals surface area contributed by atoms with Crippen molar-refractivity contribution in [1.29, 1.82) is 0 Å². The van der Waals surface area contributed by atoms with E-state index in [9.17, 15) is 4.79 Å². The lowest BCUT2D eigenvalue weighted by Gasteiger charge is -2.24. The van der Waals surface area contributed by atoms with E-state index in [1.807, 2.05) is 68.4 Å². The minimum atomic E-state index is -0.500. The fourth-order valence-electron chi connectivity index (χ4n) is 2.05. The Kier molecular flexibility index (Phi) is 4.06. The third kappa shape index (κ3) is 3.05. The van der Waals surface area contributed by atoms with Crippen molar-refractivity contribution >= 4 is 17.4 Å². The Bertz CT molecular complexity index is 573. The minimum Gasteiger partial charge on any atom is -0.298 e. The van der Waals surface area contributed by atoms with Crippen molar-refractivity contribution in [2.45, 2.75) is 25.7 Å². The maximum atomic E-state index is 12.5. The first-order chi connectivity index (χ1) is 9.01. The predicted octanol–water partition coefficient (Wildman–Crippen LogP) is 4.43. The SMILES string of the molecule is CC(C)(C(=O)Cc1ccccc1Cl)c1ccccc1. The molecule has 0 radical (unpaired) electrons. The molecule has 0 saturated carbocycles. The van der Waals surface area contributed by atoms with E-state index >= 15 is 0 Å². The second kappa shape index (κ2) is 5.58. The Labute approximate surface area is 119 Å². The lowest BCUT2D eigenvalue weighted by atomic mass is 9.78. The smallest absolute Gasteiger partial charge is 0.147 e. The summed E-state index contributed by atoms with van der Waals surface area (Å²) in [7, 11) is 0. The highest BCUT2D eigenvalue weighted by atomic mass is 35.5. The van der Waals surface area contributed by atoms with Crippen LogP contribution in [-0.4, -0.2) is 5.78 Å². The molecule has 0 N–H and O–H groups in total. The molecule has 0 aliphatic heterocycles. The lowest BCUT2D eigenvalue weighted by molar-refractivity contribution is -0.122. The number of carbonyl (C=O) groups excluding carboxylic acids is 1. The van der Waals surface area contributed by atoms with Gasteiger partial charge in [0.2, 0.25) is 0 Å². The van der Waals surface area contributed by atoms with Gasteiger partial charge in [-0.15, -0.1) is 0 Å². The number of benzene rings is 2. The fourth-order valence-corrected chi connectivity index (χ4v) is 2.25. The van der Waals surface area contributed by atoms with Crippen LogP contribution in [-0.2, 0) is 16.6 Å². The molecule has 2 aromatic carbocycles. The normalized spacial score (nSPS) is 11.3. The van der Waals surface area contributed by atoms with Gasteiger partial charge in [-0.2, -0.15) is 0 Å². The van der Waals surface area contributed by atoms with Crippen LogP contribution in [0.15, 0.2) is 54.6 Å². The highest BCUT2D eigenvalue weighted by Crippen LogP contribution is 2.27. The third-order valence-electron chi connectivity index (χ3n) is 3.50. The molecule has 98 valence electrons. The molecule has 0 saturated heterocycles. The molecular formula is C17H17ClO. The minimum absolute atomic E-state index is 0.173. The quantitative estimate of drug-likeness (QED) is 0.805. The zero-order valence-electron chi connectivity index (χ0n) is 11.2. The van der Waals surface area contributed by atoms with Gasteiger partial charge in [0.15, 0.2) is 0 Å². The summed E-state index contributed by atoms with van der Waals surface area (Å²) in [6, 6.07) is 17.4. The van der Waals surface area contributed by atoms with Gasteiger partial charge >= 0.3 is 0 Å². The number of Topliss-reactive ketones (excluding diaryl/α,β-unsaturated/α-hetero) is 1. The van der Waals surface area contributed by atoms with Crippen molar-refractivity contribution in [3.63, 3.8) is 0 Å². The second-order valence-corrected chi connectivity index (χ2v) is 5.59. The number of hydrogen-bond donors (Lipinski definition) is 0. The molecule has 0 aliphatic carbocycles. The van der Waals surface area contributed by atoms with E-state index in [0.717, 1.165) is 11.1 Å². The monoisotopic (exact) mass is 272 g/mol. The number of rotatable bonds is 4. The number of ketones is 1. The van der Waals surface area contributed by atoms with Crippen molar-refractivity contribution in [1.82, 2.24) is 0 Å². The van der Waals surface area contributed by atoms with E-state index in [4.69, 9.17) is 11.6 Å². The van der Waals surface area contributed by atoms with Crippen molar-refractivity contribution in [3.8, 4) is 0 Å². The molecule has 1 nitrogen and oxygen atoms in total. The van der Waals surface area contributed by atoms with E-state index in [2.05, 4.69) is 0 Å². The standard InChI is InChI=1S/C17H17ClO/c1-17(2,14-9-4-3-5-10-14)16(19)12-13-8-6-7-11-15(13)18/h3-11H,12H2,1-2H3. The van der Waals surface area contributed by atoms with Crippen LogP contribution in [0.25, 0.3) is 0 Å². The largest absolute Gasteiger partial charge is 0.298 e. The summed E-state index contributed by atoms with van der Waals surface area (Å²) in [6.45, 7) is 3.92. The maximum absolute atomic E-state index is 12.5. The van der Waals surface area contributed by atoms with E-state index in [-0.39, 0.29) is 5.78 Å². The third-order valence-corrected chi connectivity index (χ3v) is 3.87. The van der Waals surface area contributed by atoms with Gasteiger partial charge < -0.3 is 0 Å². The van der Waals surface area contributed by atoms with Crippen molar-refractivity contribution in [3.05, 3.63) is 70.7 Å². The van der Waals surface area contributed by atoms with Crippen LogP contribution in [0.2, 0.25) is 5.02 Å². The maximum Gasteiger partial charge on any atom is 0.147 e. The van der Waals surface area contributed by atoms with Gasteiger partial charge in [-0.3, -0.25) is 4.79 Å². The molecular weight excluding hydrogens is 256 g/mol. The summed E-state index contributed by atoms with van der Waals surface area (Å²) in [5.41, 5.74) is 1.42. The molecule has 0 heterocycles. The summed E-state index contributed by atoms with van der Waals surface area (Å²) in [5, 5.41) is 0.653. The number of carbonyl (C=O) groups is 1. The highest BCUT2D eigenvalue weighted by Gasteiger charge is 2.29. The second-order valence-electron chi connectivity index (χ2n) is 5.18. The molecule has 0 aromatic heterocycles. The molecule has 19 heavy (non-hydrogen) atoms. The summed E-state index contributed by atoms with van der Waals surface area (Å²) in [4.78, 5) is 12.5. The average Bonchev–Trinajstić information content (AvgIpc) is 2.42. The zero-order valence-corrected chi connectivity index (χ0v) is 11.9. The zero-order chi connectivity index (χ0) is 13.9. The van der Waals surface area contributed by atoms with Crippen molar-refractivity contribution in [2.24, 2.45) is 0 Å². The highest BCUT2D eigenvalue weighted by molar-refractivity contribution is 6.31. The van der Waals surface area contributed by atoms with Crippen molar-refractivity contribution < 1.29 is 4.79 Å². The Morgan fingerprint density at radius 2 is 1.58 bits per heavy atom. The van der Waals surface area contributed by atoms with Crippen LogP contribution in [0.4, 0.5) is 0 Å². The Morgan fingerprint density at radius 1 is 1.00 bits per heavy atom. The Hall–Kier alpha value is -1.60. The van der Waals surface area contributed by atoms with Crippen LogP contribution in [0.1, 0.15) is 25.0 Å². The van der Waals surface area contributed by atoms with Gasteiger partial charge in [0.05, 0.1) is 0 Å². The predicted molar refractivity (Wildman–Crippen MR) is 79.6 cm³/mol. The van der Waals surface area contributed by atoms with Crippen LogP contribution >= 0.6 is 11.6 Å². The molecule has 2 aromatic rings. The molecule has 0 atom stereocenters. The summed E-state index contributed by atoms with van der Waals surface area (Å²) in [5.74, 6) is 0.173. The van der Waals surface area contributed by atoms with Gasteiger partial charge in [-0.1, -0.05) is 60.1 Å². The Morgan fingerprint density at radius 3 is 2.21 bits per heavy atom. The first-order valence-electron chi connectivity index (χ1n) is 6.34. The van der Waals surface area contributed by atoms with E-state index in [1.54, 1.807) is 0 Å². The molecule has 0 aliphatic rings. The first-order valence-corrected chi connectivity index (χ1v) is 6.72. The van der Waals surface area contributed by atoms with Gasteiger partial charge in [-0.05, 0) is 31.0 Å².